The van der Waals surface area contributed by atoms with Crippen LogP contribution in [0.4, 0.5) is 0 Å². The van der Waals surface area contributed by atoms with Gasteiger partial charge in [0, 0.05) is 12.3 Å². The van der Waals surface area contributed by atoms with Crippen molar-refractivity contribution in [2.45, 2.75) is 39.5 Å². The summed E-state index contributed by atoms with van der Waals surface area (Å²) in [5, 5.41) is 4.42. The Balaban J connectivity index is 2.65. The maximum Gasteiger partial charge on any atom is 0.231 e. The van der Waals surface area contributed by atoms with Crippen LogP contribution in [-0.2, 0) is 0 Å². The van der Waals surface area contributed by atoms with Gasteiger partial charge < -0.3 is 4.74 Å². The molecule has 0 unspecified atom stereocenters. The molecule has 0 fully saturated rings. The van der Waals surface area contributed by atoms with Gasteiger partial charge in [0.15, 0.2) is 0 Å². The molecule has 2 heterocycles. The fraction of sp³-hybridized carbons (Fsp3) is 0.500. The summed E-state index contributed by atoms with van der Waals surface area (Å²) in [6.45, 7) is 6.55. The van der Waals surface area contributed by atoms with E-state index in [4.69, 9.17) is 4.74 Å². The standard InChI is InChI=1S/C14H20N2O/c1-5-11(6-2)12-8-14(17-4)15-16-9-10(3)7-13(12)16/h7-9,11H,5-6H2,1-4H3. The summed E-state index contributed by atoms with van der Waals surface area (Å²) in [5.41, 5.74) is 3.78. The molecular formula is C14H20N2O. The molecule has 0 aliphatic carbocycles. The van der Waals surface area contributed by atoms with Crippen molar-refractivity contribution in [3.8, 4) is 5.88 Å². The van der Waals surface area contributed by atoms with E-state index in [0.717, 1.165) is 12.8 Å². The van der Waals surface area contributed by atoms with E-state index < -0.39 is 0 Å². The average molecular weight is 232 g/mol. The molecule has 0 atom stereocenters. The number of hydrogen-bond donors (Lipinski definition) is 0. The van der Waals surface area contributed by atoms with E-state index in [9.17, 15) is 0 Å². The molecule has 0 aliphatic rings. The molecule has 17 heavy (non-hydrogen) atoms. The van der Waals surface area contributed by atoms with Gasteiger partial charge in [0.2, 0.25) is 5.88 Å². The molecule has 0 N–H and O–H groups in total. The van der Waals surface area contributed by atoms with Gasteiger partial charge in [-0.15, -0.1) is 5.10 Å². The Kier molecular flexibility index (Phi) is 3.36. The van der Waals surface area contributed by atoms with Crippen molar-refractivity contribution in [1.82, 2.24) is 9.61 Å². The van der Waals surface area contributed by atoms with E-state index in [1.165, 1.54) is 16.6 Å². The minimum absolute atomic E-state index is 0.573. The van der Waals surface area contributed by atoms with E-state index in [0.29, 0.717) is 11.8 Å². The zero-order valence-corrected chi connectivity index (χ0v) is 11.0. The van der Waals surface area contributed by atoms with Gasteiger partial charge in [-0.2, -0.15) is 0 Å². The highest BCUT2D eigenvalue weighted by Gasteiger charge is 2.14. The van der Waals surface area contributed by atoms with E-state index in [-0.39, 0.29) is 0 Å². The maximum absolute atomic E-state index is 5.28. The second-order valence-corrected chi connectivity index (χ2v) is 4.50. The summed E-state index contributed by atoms with van der Waals surface area (Å²) in [7, 11) is 1.67. The Morgan fingerprint density at radius 1 is 1.29 bits per heavy atom. The third-order valence-electron chi connectivity index (χ3n) is 3.35. The van der Waals surface area contributed by atoms with E-state index in [1.54, 1.807) is 7.11 Å². The van der Waals surface area contributed by atoms with Gasteiger partial charge >= 0.3 is 0 Å². The van der Waals surface area contributed by atoms with Crippen LogP contribution in [0.2, 0.25) is 0 Å². The molecule has 2 aromatic heterocycles. The minimum atomic E-state index is 0.573. The van der Waals surface area contributed by atoms with Crippen LogP contribution in [-0.4, -0.2) is 16.7 Å². The molecule has 2 rings (SSSR count). The first-order chi connectivity index (χ1) is 8.19. The molecule has 0 amide bonds. The van der Waals surface area contributed by atoms with Crippen LogP contribution in [0.25, 0.3) is 5.52 Å². The topological polar surface area (TPSA) is 26.5 Å². The highest BCUT2D eigenvalue weighted by molar-refractivity contribution is 5.58. The fourth-order valence-corrected chi connectivity index (χ4v) is 2.38. The molecule has 2 aromatic rings. The Hall–Kier alpha value is -1.51. The predicted molar refractivity (Wildman–Crippen MR) is 69.8 cm³/mol. The molecule has 0 bridgehead atoms. The number of aryl methyl sites for hydroxylation is 1. The van der Waals surface area contributed by atoms with Crippen LogP contribution in [0.15, 0.2) is 18.3 Å². The Labute approximate surface area is 102 Å². The number of methoxy groups -OCH3 is 1. The van der Waals surface area contributed by atoms with Gasteiger partial charge in [0.05, 0.1) is 12.6 Å². The van der Waals surface area contributed by atoms with Crippen LogP contribution in [0.3, 0.4) is 0 Å². The van der Waals surface area contributed by atoms with Crippen LogP contribution in [0.5, 0.6) is 5.88 Å². The van der Waals surface area contributed by atoms with E-state index >= 15 is 0 Å². The van der Waals surface area contributed by atoms with Gasteiger partial charge in [-0.3, -0.25) is 0 Å². The average Bonchev–Trinajstić information content (AvgIpc) is 2.70. The lowest BCUT2D eigenvalue weighted by Crippen LogP contribution is -2.03. The zero-order valence-electron chi connectivity index (χ0n) is 11.0. The zero-order chi connectivity index (χ0) is 12.4. The molecule has 0 aliphatic heterocycles. The molecule has 0 aromatic carbocycles. The normalized spacial score (nSPS) is 11.4. The fourth-order valence-electron chi connectivity index (χ4n) is 2.38. The van der Waals surface area contributed by atoms with Gasteiger partial charge in [-0.1, -0.05) is 13.8 Å². The first-order valence-electron chi connectivity index (χ1n) is 6.23. The monoisotopic (exact) mass is 232 g/mol. The second-order valence-electron chi connectivity index (χ2n) is 4.50. The number of rotatable bonds is 4. The first-order valence-corrected chi connectivity index (χ1v) is 6.23. The second kappa shape index (κ2) is 4.78. The lowest BCUT2D eigenvalue weighted by atomic mass is 9.94. The highest BCUT2D eigenvalue weighted by Crippen LogP contribution is 2.29. The third kappa shape index (κ3) is 2.14. The molecular weight excluding hydrogens is 212 g/mol. The summed E-state index contributed by atoms with van der Waals surface area (Å²) < 4.78 is 7.21. The molecule has 3 nitrogen and oxygen atoms in total. The van der Waals surface area contributed by atoms with Crippen LogP contribution < -0.4 is 4.74 Å². The largest absolute Gasteiger partial charge is 0.480 e. The van der Waals surface area contributed by atoms with Crippen LogP contribution >= 0.6 is 0 Å². The number of ether oxygens (including phenoxy) is 1. The van der Waals surface area contributed by atoms with Crippen molar-refractivity contribution in [3.63, 3.8) is 0 Å². The van der Waals surface area contributed by atoms with Gasteiger partial charge in [0.25, 0.3) is 0 Å². The first kappa shape index (κ1) is 12.0. The van der Waals surface area contributed by atoms with Crippen LogP contribution in [0.1, 0.15) is 43.7 Å². The van der Waals surface area contributed by atoms with Gasteiger partial charge in [-0.25, -0.2) is 4.52 Å². The lowest BCUT2D eigenvalue weighted by molar-refractivity contribution is 0.388. The molecule has 0 spiro atoms. The van der Waals surface area contributed by atoms with Crippen molar-refractivity contribution >= 4 is 5.52 Å². The predicted octanol–water partition coefficient (Wildman–Crippen LogP) is 3.55. The number of nitrogens with zero attached hydrogens (tertiary/aromatic N) is 2. The van der Waals surface area contributed by atoms with Crippen molar-refractivity contribution < 1.29 is 4.74 Å². The third-order valence-corrected chi connectivity index (χ3v) is 3.35. The quantitative estimate of drug-likeness (QED) is 0.805. The van der Waals surface area contributed by atoms with Crippen LogP contribution in [0, 0.1) is 6.92 Å². The molecule has 0 saturated carbocycles. The Bertz CT molecular complexity index is 512. The summed E-state index contributed by atoms with van der Waals surface area (Å²) in [4.78, 5) is 0. The summed E-state index contributed by atoms with van der Waals surface area (Å²) in [6, 6.07) is 4.27. The van der Waals surface area contributed by atoms with Crippen molar-refractivity contribution in [1.29, 1.82) is 0 Å². The molecule has 0 radical (unpaired) electrons. The minimum Gasteiger partial charge on any atom is -0.480 e. The lowest BCUT2D eigenvalue weighted by Gasteiger charge is -2.15. The molecule has 3 heteroatoms. The number of fused-ring (bicyclic) bond motifs is 1. The summed E-state index contributed by atoms with van der Waals surface area (Å²) in [5.74, 6) is 1.26. The van der Waals surface area contributed by atoms with Crippen molar-refractivity contribution in [2.24, 2.45) is 0 Å². The van der Waals surface area contributed by atoms with E-state index in [1.807, 2.05) is 10.7 Å². The molecule has 92 valence electrons. The summed E-state index contributed by atoms with van der Waals surface area (Å²) in [6.07, 6.45) is 4.33. The SMILES string of the molecule is CCC(CC)c1cc(OC)nn2cc(C)cc12. The summed E-state index contributed by atoms with van der Waals surface area (Å²) >= 11 is 0. The van der Waals surface area contributed by atoms with Gasteiger partial charge in [0.1, 0.15) is 0 Å². The van der Waals surface area contributed by atoms with Gasteiger partial charge in [-0.05, 0) is 42.9 Å². The van der Waals surface area contributed by atoms with Crippen molar-refractivity contribution in [2.75, 3.05) is 7.11 Å². The Morgan fingerprint density at radius 3 is 2.59 bits per heavy atom. The maximum atomic E-state index is 5.28. The highest BCUT2D eigenvalue weighted by atomic mass is 16.5. The van der Waals surface area contributed by atoms with E-state index in [2.05, 4.69) is 38.0 Å². The van der Waals surface area contributed by atoms with Crippen molar-refractivity contribution in [3.05, 3.63) is 29.5 Å². The smallest absolute Gasteiger partial charge is 0.231 e. The Morgan fingerprint density at radius 2 is 2.00 bits per heavy atom. The number of aromatic nitrogens is 2. The number of hydrogen-bond acceptors (Lipinski definition) is 2. The molecule has 0 saturated heterocycles.